The zero-order valence-electron chi connectivity index (χ0n) is 15.5. The van der Waals surface area contributed by atoms with Crippen LogP contribution in [0.3, 0.4) is 0 Å². The summed E-state index contributed by atoms with van der Waals surface area (Å²) in [6, 6.07) is 12.2. The summed E-state index contributed by atoms with van der Waals surface area (Å²) in [6.07, 6.45) is -0.810. The fourth-order valence-electron chi connectivity index (χ4n) is 2.75. The molecular formula is C21H20ClNO5. The summed E-state index contributed by atoms with van der Waals surface area (Å²) in [4.78, 5) is 23.9. The van der Waals surface area contributed by atoms with Gasteiger partial charge in [-0.3, -0.25) is 4.79 Å². The Hall–Kier alpha value is -2.83. The SMILES string of the molecule is Cc1c(C)c2cc(Cl)c(OCC(=O)NCC(O)c3ccccc3)cc2oc1=O. The van der Waals surface area contributed by atoms with Crippen molar-refractivity contribution >= 4 is 28.5 Å². The second-order valence-corrected chi connectivity index (χ2v) is 6.84. The van der Waals surface area contributed by atoms with Crippen molar-refractivity contribution in [2.75, 3.05) is 13.2 Å². The molecule has 7 heteroatoms. The Balaban J connectivity index is 1.64. The maximum Gasteiger partial charge on any atom is 0.339 e. The van der Waals surface area contributed by atoms with E-state index in [1.54, 1.807) is 25.1 Å². The van der Waals surface area contributed by atoms with E-state index in [-0.39, 0.29) is 18.9 Å². The molecule has 0 bridgehead atoms. The standard InChI is InChI=1S/C21H20ClNO5/c1-12-13(2)21(26)28-18-9-19(16(22)8-15(12)18)27-11-20(25)23-10-17(24)14-6-4-3-5-7-14/h3-9,17,24H,10-11H2,1-2H3,(H,23,25). The number of amides is 1. The highest BCUT2D eigenvalue weighted by Gasteiger charge is 2.14. The first-order valence-electron chi connectivity index (χ1n) is 8.73. The number of halogens is 1. The van der Waals surface area contributed by atoms with Gasteiger partial charge < -0.3 is 19.6 Å². The summed E-state index contributed by atoms with van der Waals surface area (Å²) in [5, 5.41) is 13.7. The van der Waals surface area contributed by atoms with Crippen LogP contribution in [0, 0.1) is 13.8 Å². The van der Waals surface area contributed by atoms with Crippen LogP contribution in [-0.4, -0.2) is 24.2 Å². The summed E-state index contributed by atoms with van der Waals surface area (Å²) in [7, 11) is 0. The minimum atomic E-state index is -0.810. The molecular weight excluding hydrogens is 382 g/mol. The lowest BCUT2D eigenvalue weighted by atomic mass is 10.1. The van der Waals surface area contributed by atoms with Gasteiger partial charge in [-0.15, -0.1) is 0 Å². The van der Waals surface area contributed by atoms with E-state index in [2.05, 4.69) is 5.32 Å². The van der Waals surface area contributed by atoms with Crippen molar-refractivity contribution in [2.45, 2.75) is 20.0 Å². The molecule has 6 nitrogen and oxygen atoms in total. The average Bonchev–Trinajstić information content (AvgIpc) is 2.70. The molecule has 1 heterocycles. The van der Waals surface area contributed by atoms with Gasteiger partial charge in [0.15, 0.2) is 6.61 Å². The number of carbonyl (C=O) groups is 1. The molecule has 0 aliphatic carbocycles. The third kappa shape index (κ3) is 4.35. The van der Waals surface area contributed by atoms with Crippen LogP contribution in [0.5, 0.6) is 5.75 Å². The van der Waals surface area contributed by atoms with Crippen LogP contribution in [0.4, 0.5) is 0 Å². The Morgan fingerprint density at radius 3 is 2.64 bits per heavy atom. The Labute approximate surface area is 166 Å². The van der Waals surface area contributed by atoms with Crippen LogP contribution in [-0.2, 0) is 4.79 Å². The van der Waals surface area contributed by atoms with E-state index in [1.165, 1.54) is 6.07 Å². The number of hydrogen-bond acceptors (Lipinski definition) is 5. The van der Waals surface area contributed by atoms with Crippen LogP contribution in [0.2, 0.25) is 5.02 Å². The maximum atomic E-state index is 12.0. The predicted molar refractivity (Wildman–Crippen MR) is 107 cm³/mol. The highest BCUT2D eigenvalue weighted by atomic mass is 35.5. The Morgan fingerprint density at radius 1 is 1.21 bits per heavy atom. The molecule has 0 saturated heterocycles. The molecule has 1 atom stereocenters. The van der Waals surface area contributed by atoms with E-state index in [9.17, 15) is 14.7 Å². The van der Waals surface area contributed by atoms with E-state index in [0.717, 1.165) is 5.56 Å². The van der Waals surface area contributed by atoms with Gasteiger partial charge in [0.1, 0.15) is 11.3 Å². The van der Waals surface area contributed by atoms with Crippen molar-refractivity contribution in [3.8, 4) is 5.75 Å². The molecule has 28 heavy (non-hydrogen) atoms. The molecule has 3 aromatic rings. The van der Waals surface area contributed by atoms with Gasteiger partial charge in [0.2, 0.25) is 0 Å². The topological polar surface area (TPSA) is 88.8 Å². The average molecular weight is 402 g/mol. The smallest absolute Gasteiger partial charge is 0.339 e. The van der Waals surface area contributed by atoms with E-state index < -0.39 is 17.6 Å². The lowest BCUT2D eigenvalue weighted by Gasteiger charge is -2.13. The third-order valence-corrected chi connectivity index (χ3v) is 4.84. The lowest BCUT2D eigenvalue weighted by Crippen LogP contribution is -2.32. The van der Waals surface area contributed by atoms with Gasteiger partial charge >= 0.3 is 5.63 Å². The zero-order chi connectivity index (χ0) is 20.3. The molecule has 3 rings (SSSR count). The van der Waals surface area contributed by atoms with E-state index in [4.69, 9.17) is 20.8 Å². The lowest BCUT2D eigenvalue weighted by molar-refractivity contribution is -0.123. The van der Waals surface area contributed by atoms with Crippen molar-refractivity contribution in [1.29, 1.82) is 0 Å². The second kappa shape index (κ2) is 8.46. The number of carbonyl (C=O) groups excluding carboxylic acids is 1. The normalized spacial score (nSPS) is 12.0. The van der Waals surface area contributed by atoms with Gasteiger partial charge in [0, 0.05) is 23.6 Å². The van der Waals surface area contributed by atoms with Gasteiger partial charge in [0.25, 0.3) is 5.91 Å². The van der Waals surface area contributed by atoms with Crippen molar-refractivity contribution < 1.29 is 19.1 Å². The largest absolute Gasteiger partial charge is 0.482 e. The number of hydrogen-bond donors (Lipinski definition) is 2. The summed E-state index contributed by atoms with van der Waals surface area (Å²) >= 11 is 6.24. The summed E-state index contributed by atoms with van der Waals surface area (Å²) < 4.78 is 10.7. The first kappa shape index (κ1) is 19.9. The van der Waals surface area contributed by atoms with Crippen LogP contribution in [0.25, 0.3) is 11.0 Å². The highest BCUT2D eigenvalue weighted by Crippen LogP contribution is 2.31. The van der Waals surface area contributed by atoms with Crippen molar-refractivity contribution in [3.05, 3.63) is 74.6 Å². The van der Waals surface area contributed by atoms with E-state index >= 15 is 0 Å². The minimum absolute atomic E-state index is 0.0605. The summed E-state index contributed by atoms with van der Waals surface area (Å²) in [5.41, 5.74) is 1.93. The highest BCUT2D eigenvalue weighted by molar-refractivity contribution is 6.32. The molecule has 2 N–H and O–H groups in total. The number of aryl methyl sites for hydroxylation is 1. The minimum Gasteiger partial charge on any atom is -0.482 e. The zero-order valence-corrected chi connectivity index (χ0v) is 16.2. The van der Waals surface area contributed by atoms with Gasteiger partial charge in [-0.25, -0.2) is 4.79 Å². The van der Waals surface area contributed by atoms with Crippen LogP contribution >= 0.6 is 11.6 Å². The first-order chi connectivity index (χ1) is 13.4. The summed E-state index contributed by atoms with van der Waals surface area (Å²) in [5.74, 6) is -0.174. The quantitative estimate of drug-likeness (QED) is 0.619. The molecule has 0 aliphatic rings. The third-order valence-electron chi connectivity index (χ3n) is 4.55. The van der Waals surface area contributed by atoms with E-state index in [1.807, 2.05) is 25.1 Å². The van der Waals surface area contributed by atoms with Crippen LogP contribution < -0.4 is 15.7 Å². The fraction of sp³-hybridized carbons (Fsp3) is 0.238. The molecule has 1 aromatic heterocycles. The van der Waals surface area contributed by atoms with Crippen molar-refractivity contribution in [1.82, 2.24) is 5.32 Å². The molecule has 0 spiro atoms. The second-order valence-electron chi connectivity index (χ2n) is 6.44. The van der Waals surface area contributed by atoms with Crippen LogP contribution in [0.15, 0.2) is 51.7 Å². The molecule has 0 saturated carbocycles. The number of fused-ring (bicyclic) bond motifs is 1. The molecule has 146 valence electrons. The van der Waals surface area contributed by atoms with Gasteiger partial charge in [0.05, 0.1) is 11.1 Å². The Kier molecular flexibility index (Phi) is 6.02. The maximum absolute atomic E-state index is 12.0. The predicted octanol–water partition coefficient (Wildman–Crippen LogP) is 3.29. The van der Waals surface area contributed by atoms with Gasteiger partial charge in [-0.05, 0) is 31.0 Å². The fourth-order valence-corrected chi connectivity index (χ4v) is 2.97. The van der Waals surface area contributed by atoms with E-state index in [0.29, 0.717) is 27.1 Å². The first-order valence-corrected chi connectivity index (χ1v) is 9.10. The number of aliphatic hydroxyl groups is 1. The number of rotatable bonds is 6. The summed E-state index contributed by atoms with van der Waals surface area (Å²) in [6.45, 7) is 3.27. The molecule has 0 fully saturated rings. The van der Waals surface area contributed by atoms with Gasteiger partial charge in [-0.2, -0.15) is 0 Å². The molecule has 1 unspecified atom stereocenters. The number of ether oxygens (including phenoxy) is 1. The molecule has 1 amide bonds. The number of aliphatic hydroxyl groups excluding tert-OH is 1. The Morgan fingerprint density at radius 2 is 1.93 bits per heavy atom. The number of benzene rings is 2. The Bertz CT molecular complexity index is 1060. The van der Waals surface area contributed by atoms with Crippen LogP contribution in [0.1, 0.15) is 22.8 Å². The molecule has 2 aromatic carbocycles. The molecule has 0 radical (unpaired) electrons. The molecule has 0 aliphatic heterocycles. The van der Waals surface area contributed by atoms with Gasteiger partial charge in [-0.1, -0.05) is 41.9 Å². The van der Waals surface area contributed by atoms with Crippen molar-refractivity contribution in [3.63, 3.8) is 0 Å². The number of nitrogens with one attached hydrogen (secondary N) is 1. The van der Waals surface area contributed by atoms with Crippen molar-refractivity contribution in [2.24, 2.45) is 0 Å². The monoisotopic (exact) mass is 401 g/mol.